The van der Waals surface area contributed by atoms with E-state index in [1.165, 1.54) is 43.2 Å². The zero-order valence-corrected chi connectivity index (χ0v) is 38.9. The molecule has 0 spiro atoms. The van der Waals surface area contributed by atoms with Gasteiger partial charge in [-0.25, -0.2) is 0 Å². The van der Waals surface area contributed by atoms with Crippen LogP contribution in [0.4, 0.5) is 0 Å². The van der Waals surface area contributed by atoms with Crippen molar-refractivity contribution in [2.24, 2.45) is 5.41 Å². The Kier molecular flexibility index (Phi) is 10.6. The molecular formula is C53H47BN4OPtS. The molecule has 0 fully saturated rings. The SMILES string of the molecule is Cc1nnc(-c2[c-]c(Oc3[c-]c(-c4nc5cccc6c5n4-c4ccccc4B6c4c(C(C)C)cccc4C(C)C)ccc3)ccc2)c2sc3cc(CC(C)(C)C)ccc3c12.[Pt+2]. The predicted octanol–water partition coefficient (Wildman–Crippen LogP) is 11.9. The average molecular weight is 994 g/mol. The largest absolute Gasteiger partial charge is 2.00 e. The van der Waals surface area contributed by atoms with E-state index in [2.05, 4.69) is 155 Å². The normalized spacial score (nSPS) is 12.5. The number of ether oxygens (including phenoxy) is 1. The Morgan fingerprint density at radius 3 is 2.11 bits per heavy atom. The first-order valence-electron chi connectivity index (χ1n) is 21.1. The van der Waals surface area contributed by atoms with Crippen LogP contribution in [0.5, 0.6) is 11.5 Å². The van der Waals surface area contributed by atoms with Crippen molar-refractivity contribution in [2.75, 3.05) is 0 Å². The van der Waals surface area contributed by atoms with Crippen LogP contribution in [0.15, 0.2) is 115 Å². The van der Waals surface area contributed by atoms with Crippen molar-refractivity contribution in [1.82, 2.24) is 19.7 Å². The maximum absolute atomic E-state index is 6.57. The van der Waals surface area contributed by atoms with E-state index in [1.807, 2.05) is 37.3 Å². The molecule has 8 heteroatoms. The number of benzene rings is 6. The van der Waals surface area contributed by atoms with Crippen molar-refractivity contribution < 1.29 is 25.8 Å². The molecule has 0 N–H and O–H groups in total. The number of nitrogens with zero attached hydrogens (tertiary/aromatic N) is 4. The second kappa shape index (κ2) is 15.8. The fourth-order valence-electron chi connectivity index (χ4n) is 9.34. The van der Waals surface area contributed by atoms with Gasteiger partial charge in [0.1, 0.15) is 0 Å². The summed E-state index contributed by atoms with van der Waals surface area (Å²) in [4.78, 5) is 5.33. The fraction of sp³-hybridized carbons (Fsp3) is 0.226. The minimum absolute atomic E-state index is 0. The van der Waals surface area contributed by atoms with E-state index >= 15 is 0 Å². The number of fused-ring (bicyclic) bond motifs is 5. The number of hydrogen-bond donors (Lipinski definition) is 0. The standard InChI is InChI=1S/C53H47BN4OS.Pt/c1-31(2)39-19-13-20-40(32(3)4)48(39)54-42-21-9-10-24-45(42)58-50-43(54)22-14-23-44(50)55-52(58)36-16-12-18-38(29-36)59-37-17-11-15-35(28-37)49-51-47(33(5)56-57-49)41-26-25-34(27-46(41)60-51)30-53(6,7)8;/h9-27,31-32H,30H2,1-8H3;/q-2;+2. The van der Waals surface area contributed by atoms with E-state index in [-0.39, 0.29) is 33.2 Å². The minimum Gasteiger partial charge on any atom is -0.497 e. The molecule has 1 aliphatic rings. The van der Waals surface area contributed by atoms with Crippen LogP contribution < -0.4 is 21.1 Å². The zero-order valence-electron chi connectivity index (χ0n) is 35.8. The summed E-state index contributed by atoms with van der Waals surface area (Å²) in [5.74, 6) is 2.77. The molecule has 0 bridgehead atoms. The molecule has 6 aromatic carbocycles. The summed E-state index contributed by atoms with van der Waals surface area (Å²) in [5.41, 5.74) is 15.0. The first-order chi connectivity index (χ1) is 28.9. The third-order valence-corrected chi connectivity index (χ3v) is 13.0. The Morgan fingerprint density at radius 2 is 1.39 bits per heavy atom. The average Bonchev–Trinajstić information content (AvgIpc) is 3.81. The third-order valence-electron chi connectivity index (χ3n) is 11.8. The van der Waals surface area contributed by atoms with Gasteiger partial charge >= 0.3 is 21.1 Å². The Morgan fingerprint density at radius 1 is 0.738 bits per heavy atom. The van der Waals surface area contributed by atoms with Gasteiger partial charge in [0.15, 0.2) is 0 Å². The summed E-state index contributed by atoms with van der Waals surface area (Å²) in [7, 11) is 0. The number of thiophene rings is 1. The Hall–Kier alpha value is -5.36. The molecule has 0 saturated heterocycles. The zero-order chi connectivity index (χ0) is 41.4. The molecule has 0 radical (unpaired) electrons. The van der Waals surface area contributed by atoms with Crippen LogP contribution in [-0.2, 0) is 27.5 Å². The third kappa shape index (κ3) is 7.24. The van der Waals surface area contributed by atoms with E-state index in [4.69, 9.17) is 14.8 Å². The molecule has 5 nitrogen and oxygen atoms in total. The Balaban J connectivity index is 0.00000476. The van der Waals surface area contributed by atoms with Crippen molar-refractivity contribution in [1.29, 1.82) is 0 Å². The van der Waals surface area contributed by atoms with E-state index < -0.39 is 0 Å². The van der Waals surface area contributed by atoms with Crippen molar-refractivity contribution in [2.45, 2.75) is 73.6 Å². The summed E-state index contributed by atoms with van der Waals surface area (Å²) in [6.07, 6.45) is 1.02. The molecule has 0 atom stereocenters. The van der Waals surface area contributed by atoms with Gasteiger partial charge in [-0.3, -0.25) is 4.98 Å². The Labute approximate surface area is 377 Å². The van der Waals surface area contributed by atoms with Crippen LogP contribution in [0.1, 0.15) is 82.7 Å². The van der Waals surface area contributed by atoms with Crippen LogP contribution in [-0.4, -0.2) is 26.5 Å². The summed E-state index contributed by atoms with van der Waals surface area (Å²) >= 11 is 1.78. The first kappa shape index (κ1) is 41.0. The number of aryl methyl sites for hydroxylation is 1. The van der Waals surface area contributed by atoms with Crippen LogP contribution in [0.3, 0.4) is 0 Å². The summed E-state index contributed by atoms with van der Waals surface area (Å²) in [6, 6.07) is 48.3. The smallest absolute Gasteiger partial charge is 0.497 e. The molecule has 0 saturated carbocycles. The number of aromatic nitrogens is 4. The summed E-state index contributed by atoms with van der Waals surface area (Å²) in [6.45, 7) is 18.2. The topological polar surface area (TPSA) is 52.8 Å². The molecule has 61 heavy (non-hydrogen) atoms. The quantitative estimate of drug-likeness (QED) is 0.112. The molecule has 0 amide bonds. The number of para-hydroxylation sites is 2. The van der Waals surface area contributed by atoms with Crippen molar-refractivity contribution in [3.8, 4) is 39.8 Å². The van der Waals surface area contributed by atoms with Crippen molar-refractivity contribution in [3.63, 3.8) is 0 Å². The molecule has 3 aromatic heterocycles. The van der Waals surface area contributed by atoms with E-state index in [9.17, 15) is 0 Å². The minimum atomic E-state index is 0. The van der Waals surface area contributed by atoms with Gasteiger partial charge in [0.25, 0.3) is 0 Å². The van der Waals surface area contributed by atoms with Crippen LogP contribution >= 0.6 is 11.3 Å². The number of imidazole rings is 1. The molecule has 0 aliphatic carbocycles. The Bertz CT molecular complexity index is 3110. The van der Waals surface area contributed by atoms with Crippen molar-refractivity contribution in [3.05, 3.63) is 150 Å². The van der Waals surface area contributed by atoms with Gasteiger partial charge in [-0.2, -0.15) is 10.2 Å². The van der Waals surface area contributed by atoms with Gasteiger partial charge in [-0.05, 0) is 76.4 Å². The maximum Gasteiger partial charge on any atom is 2.00 e. The number of hydrogen-bond acceptors (Lipinski definition) is 5. The fourth-order valence-corrected chi connectivity index (χ4v) is 10.7. The van der Waals surface area contributed by atoms with Gasteiger partial charge in [0.05, 0.1) is 22.6 Å². The van der Waals surface area contributed by atoms with Crippen molar-refractivity contribution >= 4 is 65.6 Å². The molecule has 9 aromatic rings. The van der Waals surface area contributed by atoms with E-state index in [0.717, 1.165) is 61.6 Å². The van der Waals surface area contributed by atoms with Crippen LogP contribution in [0.25, 0.3) is 59.5 Å². The molecule has 10 rings (SSSR count). The number of rotatable bonds is 8. The van der Waals surface area contributed by atoms with E-state index in [1.54, 1.807) is 11.3 Å². The predicted molar refractivity (Wildman–Crippen MR) is 252 cm³/mol. The maximum atomic E-state index is 6.57. The van der Waals surface area contributed by atoms with Gasteiger partial charge in [-0.1, -0.05) is 127 Å². The van der Waals surface area contributed by atoms with Gasteiger partial charge in [-0.15, -0.1) is 58.9 Å². The molecule has 304 valence electrons. The van der Waals surface area contributed by atoms with Crippen LogP contribution in [0, 0.1) is 24.5 Å². The summed E-state index contributed by atoms with van der Waals surface area (Å²) < 4.78 is 11.3. The molecular weight excluding hydrogens is 947 g/mol. The van der Waals surface area contributed by atoms with Crippen LogP contribution in [0.2, 0.25) is 0 Å². The van der Waals surface area contributed by atoms with Gasteiger partial charge in [0, 0.05) is 43.1 Å². The molecule has 1 aliphatic heterocycles. The molecule has 0 unspecified atom stereocenters. The second-order valence-corrected chi connectivity index (χ2v) is 19.2. The summed E-state index contributed by atoms with van der Waals surface area (Å²) in [5, 5.41) is 11.7. The second-order valence-electron chi connectivity index (χ2n) is 18.1. The van der Waals surface area contributed by atoms with Gasteiger partial charge < -0.3 is 9.30 Å². The van der Waals surface area contributed by atoms with Gasteiger partial charge in [0.2, 0.25) is 6.71 Å². The first-order valence-corrected chi connectivity index (χ1v) is 21.9. The monoisotopic (exact) mass is 993 g/mol. The van der Waals surface area contributed by atoms with E-state index in [0.29, 0.717) is 23.3 Å². The molecule has 4 heterocycles.